The van der Waals surface area contributed by atoms with Gasteiger partial charge in [0.2, 0.25) is 0 Å². The number of allylic oxidation sites excluding steroid dienone is 1. The fourth-order valence-electron chi connectivity index (χ4n) is 3.38. The lowest BCUT2D eigenvalue weighted by atomic mass is 9.99. The normalized spacial score (nSPS) is 12.8. The van der Waals surface area contributed by atoms with Gasteiger partial charge in [0.05, 0.1) is 25.6 Å². The Morgan fingerprint density at radius 3 is 1.77 bits per heavy atom. The van der Waals surface area contributed by atoms with Gasteiger partial charge in [-0.3, -0.25) is 0 Å². The number of hydrogen-bond donors (Lipinski definition) is 0. The topological polar surface area (TPSA) is 44.2 Å². The van der Waals surface area contributed by atoms with Crippen molar-refractivity contribution < 1.29 is 49.0 Å². The van der Waals surface area contributed by atoms with Crippen LogP contribution < -0.4 is 9.47 Å². The summed E-state index contributed by atoms with van der Waals surface area (Å²) >= 11 is 0. The highest BCUT2D eigenvalue weighted by Gasteiger charge is 2.81. The summed E-state index contributed by atoms with van der Waals surface area (Å²) in [5, 5.41) is 0. The molecule has 4 nitrogen and oxygen atoms in total. The smallest absolute Gasteiger partial charge is 0.460 e. The molecule has 0 saturated heterocycles. The van der Waals surface area contributed by atoms with Gasteiger partial charge in [-0.15, -0.1) is 6.58 Å². The minimum Gasteiger partial charge on any atom is -0.494 e. The minimum atomic E-state index is -6.88. The first kappa shape index (κ1) is 32.2. The molecule has 1 aromatic heterocycles. The molecule has 0 spiro atoms. The lowest BCUT2D eigenvalue weighted by molar-refractivity contribution is -0.396. The quantitative estimate of drug-likeness (QED) is 0.108. The van der Waals surface area contributed by atoms with Crippen molar-refractivity contribution in [1.82, 2.24) is 9.97 Å². The van der Waals surface area contributed by atoms with Crippen LogP contribution in [0.5, 0.6) is 11.5 Å². The third-order valence-corrected chi connectivity index (χ3v) is 5.68. The van der Waals surface area contributed by atoms with Crippen LogP contribution >= 0.6 is 0 Å². The Morgan fingerprint density at radius 2 is 1.21 bits per heavy atom. The second-order valence-electron chi connectivity index (χ2n) is 8.76. The molecular weight excluding hydrogens is 543 g/mol. The summed E-state index contributed by atoms with van der Waals surface area (Å²) in [6, 6.07) is 7.05. The van der Waals surface area contributed by atoms with Crippen LogP contribution in [0.15, 0.2) is 49.3 Å². The minimum absolute atomic E-state index is 0.118. The van der Waals surface area contributed by atoms with Gasteiger partial charge >= 0.3 is 23.9 Å². The van der Waals surface area contributed by atoms with E-state index in [1.165, 1.54) is 12.4 Å². The second kappa shape index (κ2) is 13.9. The highest BCUT2D eigenvalue weighted by atomic mass is 19.4. The van der Waals surface area contributed by atoms with Crippen molar-refractivity contribution in [2.45, 2.75) is 75.3 Å². The Hall–Kier alpha value is -2.99. The Balaban J connectivity index is 1.76. The number of aromatic nitrogens is 2. The van der Waals surface area contributed by atoms with Crippen LogP contribution in [0.3, 0.4) is 0 Å². The average molecular weight is 573 g/mol. The number of benzene rings is 1. The maximum absolute atomic E-state index is 13.5. The highest BCUT2D eigenvalue weighted by molar-refractivity contribution is 5.56. The van der Waals surface area contributed by atoms with E-state index in [1.54, 1.807) is 24.3 Å². The van der Waals surface area contributed by atoms with Gasteiger partial charge in [-0.05, 0) is 56.4 Å². The molecule has 0 aliphatic heterocycles. The molecule has 2 aromatic rings. The molecule has 0 radical (unpaired) electrons. The van der Waals surface area contributed by atoms with Crippen molar-refractivity contribution in [3.05, 3.63) is 49.3 Å². The Morgan fingerprint density at radius 1 is 0.667 bits per heavy atom. The van der Waals surface area contributed by atoms with Crippen LogP contribution in [0.25, 0.3) is 11.4 Å². The molecule has 0 aliphatic carbocycles. The van der Waals surface area contributed by atoms with Gasteiger partial charge in [-0.1, -0.05) is 18.9 Å². The molecule has 0 saturated carbocycles. The average Bonchev–Trinajstić information content (AvgIpc) is 2.88. The van der Waals surface area contributed by atoms with Gasteiger partial charge in [0, 0.05) is 12.0 Å². The van der Waals surface area contributed by atoms with Crippen molar-refractivity contribution in [3.8, 4) is 22.9 Å². The van der Waals surface area contributed by atoms with E-state index in [-0.39, 0.29) is 18.8 Å². The van der Waals surface area contributed by atoms with Crippen molar-refractivity contribution in [1.29, 1.82) is 0 Å². The molecule has 0 atom stereocenters. The van der Waals surface area contributed by atoms with Gasteiger partial charge in [0.15, 0.2) is 11.6 Å². The van der Waals surface area contributed by atoms with Crippen molar-refractivity contribution >= 4 is 0 Å². The molecule has 2 rings (SSSR count). The second-order valence-corrected chi connectivity index (χ2v) is 8.76. The molecule has 1 heterocycles. The SMILES string of the molecule is C=CCCCCCCOc1ccc(-c2ncc(OCCCCC(F)(F)C(F)(F)C(F)(F)C(F)(F)F)cn2)cc1. The first-order valence-corrected chi connectivity index (χ1v) is 12.2. The van der Waals surface area contributed by atoms with Gasteiger partial charge in [0.1, 0.15) is 5.75 Å². The lowest BCUT2D eigenvalue weighted by Gasteiger charge is -2.33. The summed E-state index contributed by atoms with van der Waals surface area (Å²) in [6.07, 6.45) is -0.119. The Bertz CT molecular complexity index is 1010. The van der Waals surface area contributed by atoms with Crippen LogP contribution in [0.1, 0.15) is 51.4 Å². The van der Waals surface area contributed by atoms with Crippen LogP contribution in [-0.2, 0) is 0 Å². The van der Waals surface area contributed by atoms with E-state index in [1.807, 2.05) is 6.08 Å². The van der Waals surface area contributed by atoms with E-state index < -0.39 is 36.8 Å². The van der Waals surface area contributed by atoms with E-state index >= 15 is 0 Å². The Kier molecular flexibility index (Phi) is 11.5. The summed E-state index contributed by atoms with van der Waals surface area (Å²) in [6.45, 7) is 3.97. The number of hydrogen-bond acceptors (Lipinski definition) is 4. The number of halogens is 9. The van der Waals surface area contributed by atoms with Crippen LogP contribution in [0, 0.1) is 0 Å². The van der Waals surface area contributed by atoms with E-state index in [2.05, 4.69) is 16.5 Å². The maximum Gasteiger partial charge on any atom is 0.460 e. The molecule has 0 bridgehead atoms. The highest BCUT2D eigenvalue weighted by Crippen LogP contribution is 2.54. The molecule has 0 aliphatic rings. The number of unbranched alkanes of at least 4 members (excludes halogenated alkanes) is 5. The predicted molar refractivity (Wildman–Crippen MR) is 126 cm³/mol. The predicted octanol–water partition coefficient (Wildman–Crippen LogP) is 8.68. The molecule has 39 heavy (non-hydrogen) atoms. The Labute approximate surface area is 220 Å². The maximum atomic E-state index is 13.5. The van der Waals surface area contributed by atoms with Crippen LogP contribution in [0.4, 0.5) is 39.5 Å². The molecule has 1 aromatic carbocycles. The van der Waals surface area contributed by atoms with Crippen LogP contribution in [-0.4, -0.2) is 47.1 Å². The fraction of sp³-hybridized carbons (Fsp3) is 0.538. The standard InChI is InChI=1S/C26H29F9N2O2/c1-2-3-4-5-6-8-15-38-20-12-10-19(11-13-20)22-36-17-21(18-37-22)39-16-9-7-14-23(27,28)24(29,30)25(31,32)26(33,34)35/h2,10-13,17-18H,1,3-9,14-16H2. The zero-order valence-electron chi connectivity index (χ0n) is 20.9. The first-order chi connectivity index (χ1) is 18.2. The lowest BCUT2D eigenvalue weighted by Crippen LogP contribution is -2.60. The summed E-state index contributed by atoms with van der Waals surface area (Å²) < 4.78 is 127. The number of nitrogens with zero attached hydrogens (tertiary/aromatic N) is 2. The fourth-order valence-corrected chi connectivity index (χ4v) is 3.38. The molecule has 0 fully saturated rings. The summed E-state index contributed by atoms with van der Waals surface area (Å²) in [7, 11) is 0. The number of alkyl halides is 9. The molecule has 0 N–H and O–H groups in total. The van der Waals surface area contributed by atoms with E-state index in [4.69, 9.17) is 9.47 Å². The van der Waals surface area contributed by atoms with Gasteiger partial charge in [0.25, 0.3) is 0 Å². The summed E-state index contributed by atoms with van der Waals surface area (Å²) in [5.74, 6) is -17.9. The molecule has 13 heteroatoms. The monoisotopic (exact) mass is 572 g/mol. The van der Waals surface area contributed by atoms with Crippen molar-refractivity contribution in [2.75, 3.05) is 13.2 Å². The van der Waals surface area contributed by atoms with E-state index in [0.29, 0.717) is 23.7 Å². The summed E-state index contributed by atoms with van der Waals surface area (Å²) in [5.41, 5.74) is 0.678. The van der Waals surface area contributed by atoms with E-state index in [9.17, 15) is 39.5 Å². The molecule has 0 unspecified atom stereocenters. The van der Waals surface area contributed by atoms with Crippen molar-refractivity contribution in [3.63, 3.8) is 0 Å². The first-order valence-electron chi connectivity index (χ1n) is 12.2. The molecule has 0 amide bonds. The van der Waals surface area contributed by atoms with Crippen molar-refractivity contribution in [2.24, 2.45) is 0 Å². The molecular formula is C26H29F9N2O2. The number of ether oxygens (including phenoxy) is 2. The van der Waals surface area contributed by atoms with Gasteiger partial charge in [-0.25, -0.2) is 9.97 Å². The zero-order valence-corrected chi connectivity index (χ0v) is 20.9. The molecule has 218 valence electrons. The largest absolute Gasteiger partial charge is 0.494 e. The zero-order chi connectivity index (χ0) is 29.2. The third kappa shape index (κ3) is 8.76. The van der Waals surface area contributed by atoms with Crippen LogP contribution in [0.2, 0.25) is 0 Å². The van der Waals surface area contributed by atoms with Gasteiger partial charge < -0.3 is 9.47 Å². The third-order valence-electron chi connectivity index (χ3n) is 5.68. The van der Waals surface area contributed by atoms with E-state index in [0.717, 1.165) is 32.1 Å². The summed E-state index contributed by atoms with van der Waals surface area (Å²) in [4.78, 5) is 8.23. The van der Waals surface area contributed by atoms with Gasteiger partial charge in [-0.2, -0.15) is 39.5 Å². The number of rotatable bonds is 17.